The van der Waals surface area contributed by atoms with Gasteiger partial charge in [0.05, 0.1) is 10.7 Å². The van der Waals surface area contributed by atoms with Crippen LogP contribution in [0.5, 0.6) is 17.4 Å². The fraction of sp³-hybridized carbons (Fsp3) is 0.308. The fourth-order valence-corrected chi connectivity index (χ4v) is 1.97. The predicted octanol–water partition coefficient (Wildman–Crippen LogP) is 3.50. The van der Waals surface area contributed by atoms with Crippen LogP contribution in [0.25, 0.3) is 0 Å². The van der Waals surface area contributed by atoms with Gasteiger partial charge in [0.1, 0.15) is 5.75 Å². The molecule has 96 valence electrons. The molecule has 0 saturated heterocycles. The first kappa shape index (κ1) is 12.8. The summed E-state index contributed by atoms with van der Waals surface area (Å²) in [6.07, 6.45) is 0. The molecule has 0 spiro atoms. The first-order valence-electron chi connectivity index (χ1n) is 5.57. The van der Waals surface area contributed by atoms with Crippen LogP contribution in [0.15, 0.2) is 12.1 Å². The number of nitrogens with zero attached hydrogens (tertiary/aromatic N) is 2. The average Bonchev–Trinajstić information content (AvgIpc) is 2.52. The van der Waals surface area contributed by atoms with Crippen LogP contribution in [-0.2, 0) is 7.05 Å². The molecule has 0 unspecified atom stereocenters. The Hall–Kier alpha value is -1.68. The number of hydrogen-bond donors (Lipinski definition) is 1. The van der Waals surface area contributed by atoms with Crippen molar-refractivity contribution in [3.63, 3.8) is 0 Å². The van der Waals surface area contributed by atoms with Crippen LogP contribution in [0.4, 0.5) is 0 Å². The minimum absolute atomic E-state index is 0.158. The van der Waals surface area contributed by atoms with Gasteiger partial charge in [-0.1, -0.05) is 11.6 Å². The highest BCUT2D eigenvalue weighted by atomic mass is 35.5. The van der Waals surface area contributed by atoms with Gasteiger partial charge >= 0.3 is 0 Å². The normalized spacial score (nSPS) is 10.7. The quantitative estimate of drug-likeness (QED) is 0.905. The number of aryl methyl sites for hydroxylation is 3. The van der Waals surface area contributed by atoms with Gasteiger partial charge in [-0.25, -0.2) is 4.68 Å². The van der Waals surface area contributed by atoms with E-state index in [1.54, 1.807) is 24.7 Å². The van der Waals surface area contributed by atoms with Crippen molar-refractivity contribution in [1.82, 2.24) is 9.78 Å². The van der Waals surface area contributed by atoms with E-state index >= 15 is 0 Å². The molecular weight excluding hydrogens is 252 g/mol. The number of phenols is 1. The molecule has 5 heteroatoms. The Morgan fingerprint density at radius 3 is 2.50 bits per heavy atom. The van der Waals surface area contributed by atoms with Gasteiger partial charge < -0.3 is 9.84 Å². The summed E-state index contributed by atoms with van der Waals surface area (Å²) in [5.41, 5.74) is 2.57. The van der Waals surface area contributed by atoms with Crippen molar-refractivity contribution in [3.05, 3.63) is 34.0 Å². The highest BCUT2D eigenvalue weighted by Gasteiger charge is 2.14. The fourth-order valence-electron chi connectivity index (χ4n) is 1.71. The standard InChI is InChI=1S/C13H15ClN2O2/c1-7-5-10(14)12(6-11(7)17)18-13-8(2)9(3)15-16(13)4/h5-6,17H,1-4H3. The smallest absolute Gasteiger partial charge is 0.220 e. The lowest BCUT2D eigenvalue weighted by Gasteiger charge is -2.10. The maximum Gasteiger partial charge on any atom is 0.220 e. The summed E-state index contributed by atoms with van der Waals surface area (Å²) >= 11 is 6.10. The van der Waals surface area contributed by atoms with E-state index in [9.17, 15) is 5.11 Å². The molecule has 1 aromatic carbocycles. The molecule has 1 N–H and O–H groups in total. The molecule has 0 bridgehead atoms. The van der Waals surface area contributed by atoms with Crippen LogP contribution >= 0.6 is 11.6 Å². The molecule has 0 amide bonds. The second-order valence-corrected chi connectivity index (χ2v) is 4.72. The summed E-state index contributed by atoms with van der Waals surface area (Å²) in [7, 11) is 1.80. The summed E-state index contributed by atoms with van der Waals surface area (Å²) in [5, 5.41) is 14.4. The average molecular weight is 267 g/mol. The summed E-state index contributed by atoms with van der Waals surface area (Å²) < 4.78 is 7.39. The maximum absolute atomic E-state index is 9.69. The van der Waals surface area contributed by atoms with Crippen LogP contribution in [0.2, 0.25) is 5.02 Å². The zero-order chi connectivity index (χ0) is 13.4. The third-order valence-corrected chi connectivity index (χ3v) is 3.21. The monoisotopic (exact) mass is 266 g/mol. The van der Waals surface area contributed by atoms with Gasteiger partial charge in [-0.2, -0.15) is 5.10 Å². The largest absolute Gasteiger partial charge is 0.508 e. The number of phenolic OH excluding ortho intramolecular Hbond substituents is 1. The first-order chi connectivity index (χ1) is 8.40. The van der Waals surface area contributed by atoms with Gasteiger partial charge in [0.25, 0.3) is 0 Å². The van der Waals surface area contributed by atoms with E-state index in [2.05, 4.69) is 5.10 Å². The number of rotatable bonds is 2. The van der Waals surface area contributed by atoms with Crippen molar-refractivity contribution >= 4 is 11.6 Å². The molecule has 0 saturated carbocycles. The molecule has 0 atom stereocenters. The highest BCUT2D eigenvalue weighted by molar-refractivity contribution is 6.32. The first-order valence-corrected chi connectivity index (χ1v) is 5.95. The maximum atomic E-state index is 9.69. The van der Waals surface area contributed by atoms with Crippen LogP contribution in [0.3, 0.4) is 0 Å². The van der Waals surface area contributed by atoms with E-state index < -0.39 is 0 Å². The van der Waals surface area contributed by atoms with Crippen molar-refractivity contribution in [2.45, 2.75) is 20.8 Å². The number of aromatic hydroxyl groups is 1. The molecule has 0 aliphatic heterocycles. The van der Waals surface area contributed by atoms with Crippen molar-refractivity contribution in [2.75, 3.05) is 0 Å². The molecule has 0 fully saturated rings. The second-order valence-electron chi connectivity index (χ2n) is 4.31. The van der Waals surface area contributed by atoms with E-state index in [0.717, 1.165) is 11.3 Å². The number of benzene rings is 1. The zero-order valence-electron chi connectivity index (χ0n) is 10.8. The third-order valence-electron chi connectivity index (χ3n) is 2.91. The SMILES string of the molecule is Cc1cc(Cl)c(Oc2c(C)c(C)nn2C)cc1O. The highest BCUT2D eigenvalue weighted by Crippen LogP contribution is 2.35. The summed E-state index contributed by atoms with van der Waals surface area (Å²) in [6.45, 7) is 5.63. The summed E-state index contributed by atoms with van der Waals surface area (Å²) in [4.78, 5) is 0. The Kier molecular flexibility index (Phi) is 3.22. The Bertz CT molecular complexity index is 606. The lowest BCUT2D eigenvalue weighted by Crippen LogP contribution is -1.96. The molecule has 1 heterocycles. The van der Waals surface area contributed by atoms with Crippen LogP contribution in [-0.4, -0.2) is 14.9 Å². The molecule has 0 radical (unpaired) electrons. The summed E-state index contributed by atoms with van der Waals surface area (Å²) in [5.74, 6) is 1.20. The lowest BCUT2D eigenvalue weighted by atomic mass is 10.2. The Balaban J connectivity index is 2.43. The van der Waals surface area contributed by atoms with Crippen molar-refractivity contribution in [2.24, 2.45) is 7.05 Å². The lowest BCUT2D eigenvalue weighted by molar-refractivity contribution is 0.419. The molecule has 2 rings (SSSR count). The van der Waals surface area contributed by atoms with Crippen LogP contribution in [0.1, 0.15) is 16.8 Å². The van der Waals surface area contributed by atoms with E-state index in [1.165, 1.54) is 6.07 Å². The Morgan fingerprint density at radius 1 is 1.28 bits per heavy atom. The van der Waals surface area contributed by atoms with Gasteiger partial charge in [-0.3, -0.25) is 0 Å². The van der Waals surface area contributed by atoms with Gasteiger partial charge in [0.2, 0.25) is 5.88 Å². The van der Waals surface area contributed by atoms with E-state index in [1.807, 2.05) is 13.8 Å². The van der Waals surface area contributed by atoms with Gasteiger partial charge in [-0.05, 0) is 32.4 Å². The predicted molar refractivity (Wildman–Crippen MR) is 70.6 cm³/mol. The zero-order valence-corrected chi connectivity index (χ0v) is 11.5. The van der Waals surface area contributed by atoms with Crippen molar-refractivity contribution < 1.29 is 9.84 Å². The molecule has 18 heavy (non-hydrogen) atoms. The van der Waals surface area contributed by atoms with Crippen molar-refractivity contribution in [1.29, 1.82) is 0 Å². The molecule has 2 aromatic rings. The molecular formula is C13H15ClN2O2. The van der Waals surface area contributed by atoms with Crippen LogP contribution in [0, 0.1) is 20.8 Å². The van der Waals surface area contributed by atoms with Gasteiger partial charge in [0, 0.05) is 18.7 Å². The third kappa shape index (κ3) is 2.16. The molecule has 0 aliphatic carbocycles. The van der Waals surface area contributed by atoms with Gasteiger partial charge in [0.15, 0.2) is 5.75 Å². The van der Waals surface area contributed by atoms with Crippen molar-refractivity contribution in [3.8, 4) is 17.4 Å². The molecule has 4 nitrogen and oxygen atoms in total. The van der Waals surface area contributed by atoms with Gasteiger partial charge in [-0.15, -0.1) is 0 Å². The van der Waals surface area contributed by atoms with E-state index in [0.29, 0.717) is 22.2 Å². The topological polar surface area (TPSA) is 47.3 Å². The Morgan fingerprint density at radius 2 is 1.94 bits per heavy atom. The minimum Gasteiger partial charge on any atom is -0.508 e. The minimum atomic E-state index is 0.158. The molecule has 0 aliphatic rings. The number of aromatic nitrogens is 2. The number of halogens is 1. The number of hydrogen-bond acceptors (Lipinski definition) is 3. The summed E-state index contributed by atoms with van der Waals surface area (Å²) in [6, 6.07) is 3.18. The number of ether oxygens (including phenoxy) is 1. The van der Waals surface area contributed by atoms with E-state index in [4.69, 9.17) is 16.3 Å². The second kappa shape index (κ2) is 4.53. The van der Waals surface area contributed by atoms with Crippen LogP contribution < -0.4 is 4.74 Å². The molecule has 1 aromatic heterocycles. The van der Waals surface area contributed by atoms with E-state index in [-0.39, 0.29) is 5.75 Å². The Labute approximate surface area is 111 Å².